The zero-order chi connectivity index (χ0) is 21.5. The van der Waals surface area contributed by atoms with Crippen molar-refractivity contribution in [3.8, 4) is 12.3 Å². The van der Waals surface area contributed by atoms with E-state index in [1.165, 1.54) is 19.4 Å². The molecule has 0 fully saturated rings. The third-order valence-corrected chi connectivity index (χ3v) is 4.39. The van der Waals surface area contributed by atoms with E-state index >= 15 is 0 Å². The van der Waals surface area contributed by atoms with Gasteiger partial charge >= 0.3 is 12.1 Å². The Balaban J connectivity index is 1.64. The predicted molar refractivity (Wildman–Crippen MR) is 111 cm³/mol. The van der Waals surface area contributed by atoms with Crippen LogP contribution < -0.4 is 5.32 Å². The van der Waals surface area contributed by atoms with Crippen LogP contribution in [0.4, 0.5) is 4.79 Å². The number of nitrogens with one attached hydrogen (secondary N) is 1. The number of halogens is 1. The Morgan fingerprint density at radius 1 is 1.43 bits per heavy atom. The van der Waals surface area contributed by atoms with Gasteiger partial charge in [-0.15, -0.1) is 6.42 Å². The largest absolute Gasteiger partial charge is 0.456 e. The number of fused-ring (bicyclic) bond motifs is 1. The number of alkyl carbamates (subject to hydrolysis) is 1. The van der Waals surface area contributed by atoms with E-state index in [2.05, 4.69) is 21.0 Å². The first-order chi connectivity index (χ1) is 14.5. The molecule has 0 aliphatic rings. The molecular formula is C21H18ClN3O5. The summed E-state index contributed by atoms with van der Waals surface area (Å²) >= 11 is 6.34. The average Bonchev–Trinajstić information content (AvgIpc) is 3.35. The SMILES string of the molecule is C#CCn1cc(Cl)c2c(COC(=O)c3coc(/C=C\CNC(=O)OC)n3)cccc21. The van der Waals surface area contributed by atoms with E-state index < -0.39 is 12.1 Å². The molecule has 154 valence electrons. The maximum atomic E-state index is 12.3. The van der Waals surface area contributed by atoms with Crippen LogP contribution in [0, 0.1) is 12.3 Å². The first-order valence-electron chi connectivity index (χ1n) is 8.84. The summed E-state index contributed by atoms with van der Waals surface area (Å²) in [4.78, 5) is 27.3. The first-order valence-corrected chi connectivity index (χ1v) is 9.22. The van der Waals surface area contributed by atoms with Crippen molar-refractivity contribution in [2.75, 3.05) is 13.7 Å². The number of hydrogen-bond donors (Lipinski definition) is 1. The highest BCUT2D eigenvalue weighted by Gasteiger charge is 2.16. The number of benzene rings is 1. The summed E-state index contributed by atoms with van der Waals surface area (Å²) in [5.41, 5.74) is 1.64. The van der Waals surface area contributed by atoms with Crippen molar-refractivity contribution in [2.45, 2.75) is 13.2 Å². The van der Waals surface area contributed by atoms with Gasteiger partial charge in [0.25, 0.3) is 0 Å². The van der Waals surface area contributed by atoms with Gasteiger partial charge in [-0.3, -0.25) is 0 Å². The summed E-state index contributed by atoms with van der Waals surface area (Å²) in [6.07, 6.45) is 10.9. The molecule has 1 amide bonds. The van der Waals surface area contributed by atoms with E-state index in [4.69, 9.17) is 27.2 Å². The van der Waals surface area contributed by atoms with E-state index in [0.29, 0.717) is 11.6 Å². The van der Waals surface area contributed by atoms with Crippen LogP contribution in [0.2, 0.25) is 5.02 Å². The van der Waals surface area contributed by atoms with Crippen molar-refractivity contribution in [3.63, 3.8) is 0 Å². The van der Waals surface area contributed by atoms with E-state index in [9.17, 15) is 9.59 Å². The molecule has 30 heavy (non-hydrogen) atoms. The average molecular weight is 428 g/mol. The second kappa shape index (κ2) is 9.67. The van der Waals surface area contributed by atoms with Crippen LogP contribution in [-0.4, -0.2) is 35.3 Å². The standard InChI is InChI=1S/C21H18ClN3O5/c1-3-10-25-11-15(22)19-14(6-4-7-17(19)25)12-30-20(26)16-13-29-18(24-16)8-5-9-23-21(27)28-2/h1,4-8,11,13H,9-10,12H2,2H3,(H,23,27)/b8-5-. The highest BCUT2D eigenvalue weighted by atomic mass is 35.5. The van der Waals surface area contributed by atoms with Crippen molar-refractivity contribution >= 4 is 40.6 Å². The van der Waals surface area contributed by atoms with Crippen LogP contribution in [0.5, 0.6) is 0 Å². The number of rotatable bonds is 7. The molecule has 0 saturated carbocycles. The number of carbonyl (C=O) groups is 2. The number of methoxy groups -OCH3 is 1. The molecule has 0 bridgehead atoms. The fourth-order valence-electron chi connectivity index (χ4n) is 2.77. The molecule has 0 radical (unpaired) electrons. The molecule has 8 nitrogen and oxygen atoms in total. The first kappa shape index (κ1) is 21.0. The van der Waals surface area contributed by atoms with E-state index in [0.717, 1.165) is 16.5 Å². The summed E-state index contributed by atoms with van der Waals surface area (Å²) in [7, 11) is 1.27. The maximum absolute atomic E-state index is 12.3. The van der Waals surface area contributed by atoms with Gasteiger partial charge in [0.05, 0.1) is 24.2 Å². The molecule has 0 spiro atoms. The lowest BCUT2D eigenvalue weighted by Gasteiger charge is -2.06. The van der Waals surface area contributed by atoms with Crippen LogP contribution >= 0.6 is 11.6 Å². The molecule has 1 aromatic carbocycles. The van der Waals surface area contributed by atoms with Gasteiger partial charge in [0, 0.05) is 23.7 Å². The summed E-state index contributed by atoms with van der Waals surface area (Å²) in [5, 5.41) is 3.78. The number of hydrogen-bond acceptors (Lipinski definition) is 6. The summed E-state index contributed by atoms with van der Waals surface area (Å²) < 4.78 is 16.9. The minimum absolute atomic E-state index is 0.0110. The van der Waals surface area contributed by atoms with Crippen LogP contribution in [0.3, 0.4) is 0 Å². The van der Waals surface area contributed by atoms with Crippen molar-refractivity contribution < 1.29 is 23.5 Å². The van der Waals surface area contributed by atoms with Gasteiger partial charge in [-0.1, -0.05) is 35.7 Å². The van der Waals surface area contributed by atoms with Crippen molar-refractivity contribution in [1.82, 2.24) is 14.9 Å². The van der Waals surface area contributed by atoms with Gasteiger partial charge in [-0.05, 0) is 12.1 Å². The fourth-order valence-corrected chi connectivity index (χ4v) is 3.11. The molecule has 9 heteroatoms. The zero-order valence-electron chi connectivity index (χ0n) is 16.1. The second-order valence-electron chi connectivity index (χ2n) is 6.04. The van der Waals surface area contributed by atoms with Crippen LogP contribution in [0.25, 0.3) is 17.0 Å². The molecule has 0 saturated heterocycles. The molecule has 0 unspecified atom stereocenters. The third kappa shape index (κ3) is 4.82. The Bertz CT molecular complexity index is 1140. The minimum Gasteiger partial charge on any atom is -0.456 e. The lowest BCUT2D eigenvalue weighted by atomic mass is 10.1. The van der Waals surface area contributed by atoms with Gasteiger partial charge in [-0.2, -0.15) is 0 Å². The van der Waals surface area contributed by atoms with Gasteiger partial charge in [-0.25, -0.2) is 14.6 Å². The number of nitrogens with zero attached hydrogens (tertiary/aromatic N) is 2. The fraction of sp³-hybridized carbons (Fsp3) is 0.190. The van der Waals surface area contributed by atoms with Crippen LogP contribution in [-0.2, 0) is 22.6 Å². The number of carbonyl (C=O) groups excluding carboxylic acids is 2. The monoisotopic (exact) mass is 427 g/mol. The zero-order valence-corrected chi connectivity index (χ0v) is 16.8. The van der Waals surface area contributed by atoms with E-state index in [1.54, 1.807) is 12.3 Å². The molecule has 2 aromatic heterocycles. The summed E-state index contributed by atoms with van der Waals surface area (Å²) in [6, 6.07) is 5.57. The van der Waals surface area contributed by atoms with Crippen molar-refractivity contribution in [3.05, 3.63) is 58.9 Å². The molecule has 0 atom stereocenters. The molecule has 3 rings (SSSR count). The second-order valence-corrected chi connectivity index (χ2v) is 6.45. The number of esters is 1. The maximum Gasteiger partial charge on any atom is 0.407 e. The molecular weight excluding hydrogens is 410 g/mol. The van der Waals surface area contributed by atoms with Crippen LogP contribution in [0.15, 0.2) is 41.2 Å². The van der Waals surface area contributed by atoms with Gasteiger partial charge in [0.2, 0.25) is 5.89 Å². The number of amides is 1. The van der Waals surface area contributed by atoms with Crippen molar-refractivity contribution in [1.29, 1.82) is 0 Å². The summed E-state index contributed by atoms with van der Waals surface area (Å²) in [6.45, 7) is 0.618. The summed E-state index contributed by atoms with van der Waals surface area (Å²) in [5.74, 6) is 2.14. The molecule has 2 heterocycles. The lowest BCUT2D eigenvalue weighted by Crippen LogP contribution is -2.22. The molecule has 1 N–H and O–H groups in total. The molecule has 0 aliphatic heterocycles. The normalized spacial score (nSPS) is 10.8. The van der Waals surface area contributed by atoms with Crippen molar-refractivity contribution in [2.24, 2.45) is 0 Å². The molecule has 0 aliphatic carbocycles. The Hall–Kier alpha value is -3.70. The Labute approximate surface area is 177 Å². The highest BCUT2D eigenvalue weighted by Crippen LogP contribution is 2.29. The lowest BCUT2D eigenvalue weighted by molar-refractivity contribution is 0.0467. The number of ether oxygens (including phenoxy) is 2. The third-order valence-electron chi connectivity index (χ3n) is 4.11. The highest BCUT2D eigenvalue weighted by molar-refractivity contribution is 6.36. The molecule has 3 aromatic rings. The van der Waals surface area contributed by atoms with Crippen LogP contribution in [0.1, 0.15) is 21.9 Å². The van der Waals surface area contributed by atoms with Gasteiger partial charge in [0.15, 0.2) is 5.69 Å². The quantitative estimate of drug-likeness (QED) is 0.457. The predicted octanol–water partition coefficient (Wildman–Crippen LogP) is 3.64. The topological polar surface area (TPSA) is 95.6 Å². The minimum atomic E-state index is -0.637. The van der Waals surface area contributed by atoms with E-state index in [1.807, 2.05) is 22.8 Å². The number of aromatic nitrogens is 2. The van der Waals surface area contributed by atoms with Gasteiger partial charge in [0.1, 0.15) is 12.9 Å². The smallest absolute Gasteiger partial charge is 0.407 e. The Kier molecular flexibility index (Phi) is 6.78. The number of terminal acetylenes is 1. The Morgan fingerprint density at radius 3 is 3.03 bits per heavy atom. The van der Waals surface area contributed by atoms with E-state index in [-0.39, 0.29) is 24.7 Å². The number of oxazole rings is 1. The van der Waals surface area contributed by atoms with Gasteiger partial charge < -0.3 is 23.8 Å². The Morgan fingerprint density at radius 2 is 2.27 bits per heavy atom.